The third kappa shape index (κ3) is 7.08. The molecule has 1 N–H and O–H groups in total. The number of hydrogen-bond donors (Lipinski definition) is 1. The van der Waals surface area contributed by atoms with Crippen LogP contribution in [0.4, 0.5) is 0 Å². The predicted molar refractivity (Wildman–Crippen MR) is 121 cm³/mol. The lowest BCUT2D eigenvalue weighted by molar-refractivity contribution is -0.142. The fourth-order valence-electron chi connectivity index (χ4n) is 3.04. The number of methoxy groups -OCH3 is 3. The summed E-state index contributed by atoms with van der Waals surface area (Å²) in [5.41, 5.74) is 0.843. The van der Waals surface area contributed by atoms with E-state index in [1.54, 1.807) is 32.2 Å². The highest BCUT2D eigenvalue weighted by Gasteiger charge is 2.26. The molecule has 0 saturated heterocycles. The molecule has 2 amide bonds. The summed E-state index contributed by atoms with van der Waals surface area (Å²) in [6.07, 6.45) is 0.809. The van der Waals surface area contributed by atoms with Crippen LogP contribution in [0.2, 0.25) is 0 Å². The second-order valence-electron chi connectivity index (χ2n) is 7.18. The minimum atomic E-state index is -0.677. The molecule has 2 aromatic carbocycles. The average molecular weight is 445 g/mol. The maximum absolute atomic E-state index is 13.1. The maximum atomic E-state index is 13.1. The van der Waals surface area contributed by atoms with Crippen LogP contribution < -0.4 is 24.3 Å². The molecule has 174 valence electrons. The molecule has 0 unspecified atom stereocenters. The molecule has 0 aliphatic heterocycles. The molecule has 8 heteroatoms. The van der Waals surface area contributed by atoms with E-state index in [0.717, 1.165) is 12.0 Å². The van der Waals surface area contributed by atoms with Crippen molar-refractivity contribution in [3.63, 3.8) is 0 Å². The Labute approximate surface area is 189 Å². The minimum absolute atomic E-state index is 0.217. The van der Waals surface area contributed by atoms with E-state index in [-0.39, 0.29) is 25.0 Å². The van der Waals surface area contributed by atoms with Crippen LogP contribution in [0.15, 0.2) is 42.5 Å². The Balaban J connectivity index is 2.19. The van der Waals surface area contributed by atoms with Crippen LogP contribution in [0.1, 0.15) is 25.8 Å². The first-order valence-corrected chi connectivity index (χ1v) is 10.5. The number of rotatable bonds is 12. The first kappa shape index (κ1) is 24.8. The van der Waals surface area contributed by atoms with Crippen LogP contribution in [-0.2, 0) is 16.1 Å². The Morgan fingerprint density at radius 2 is 1.56 bits per heavy atom. The molecule has 32 heavy (non-hydrogen) atoms. The third-order valence-corrected chi connectivity index (χ3v) is 4.89. The molecule has 0 fully saturated rings. The monoisotopic (exact) mass is 444 g/mol. The van der Waals surface area contributed by atoms with Crippen LogP contribution >= 0.6 is 0 Å². The molecular weight excluding hydrogens is 412 g/mol. The van der Waals surface area contributed by atoms with Crippen LogP contribution in [0.3, 0.4) is 0 Å². The molecule has 0 aliphatic rings. The molecule has 0 bridgehead atoms. The lowest BCUT2D eigenvalue weighted by atomic mass is 10.1. The number of carbonyl (C=O) groups excluding carboxylic acids is 2. The molecule has 0 heterocycles. The smallest absolute Gasteiger partial charge is 0.261 e. The summed E-state index contributed by atoms with van der Waals surface area (Å²) in [4.78, 5) is 27.2. The SMILES string of the molecule is CCCNC(=O)[C@@H](C)N(Cc1cccc(OC)c1)C(=O)COc1cc(OC)cc(OC)c1. The van der Waals surface area contributed by atoms with E-state index in [4.69, 9.17) is 18.9 Å². The topological polar surface area (TPSA) is 86.3 Å². The lowest BCUT2D eigenvalue weighted by Gasteiger charge is -2.29. The Bertz CT molecular complexity index is 880. The molecule has 2 rings (SSSR count). The molecule has 0 radical (unpaired) electrons. The Hall–Kier alpha value is -3.42. The van der Waals surface area contributed by atoms with Crippen molar-refractivity contribution >= 4 is 11.8 Å². The van der Waals surface area contributed by atoms with E-state index in [1.165, 1.54) is 19.1 Å². The van der Waals surface area contributed by atoms with Gasteiger partial charge in [0, 0.05) is 31.3 Å². The number of hydrogen-bond acceptors (Lipinski definition) is 6. The summed E-state index contributed by atoms with van der Waals surface area (Å²) in [6, 6.07) is 11.8. The predicted octanol–water partition coefficient (Wildman–Crippen LogP) is 3.03. The summed E-state index contributed by atoms with van der Waals surface area (Å²) >= 11 is 0. The normalized spacial score (nSPS) is 11.3. The van der Waals surface area contributed by atoms with Gasteiger partial charge >= 0.3 is 0 Å². The van der Waals surface area contributed by atoms with Gasteiger partial charge in [0.05, 0.1) is 21.3 Å². The quantitative estimate of drug-likeness (QED) is 0.542. The van der Waals surface area contributed by atoms with Crippen LogP contribution in [0.5, 0.6) is 23.0 Å². The zero-order valence-corrected chi connectivity index (χ0v) is 19.3. The van der Waals surface area contributed by atoms with Crippen molar-refractivity contribution in [2.24, 2.45) is 0 Å². The van der Waals surface area contributed by atoms with E-state index in [2.05, 4.69) is 5.32 Å². The van der Waals surface area contributed by atoms with Gasteiger partial charge < -0.3 is 29.2 Å². The maximum Gasteiger partial charge on any atom is 0.261 e. The fourth-order valence-corrected chi connectivity index (χ4v) is 3.04. The second kappa shape index (κ2) is 12.4. The Kier molecular flexibility index (Phi) is 9.66. The molecule has 0 saturated carbocycles. The molecule has 0 aliphatic carbocycles. The third-order valence-electron chi connectivity index (χ3n) is 4.89. The number of amides is 2. The van der Waals surface area contributed by atoms with Crippen molar-refractivity contribution in [1.82, 2.24) is 10.2 Å². The Morgan fingerprint density at radius 3 is 2.16 bits per heavy atom. The van der Waals surface area contributed by atoms with Gasteiger partial charge in [0.15, 0.2) is 6.61 Å². The van der Waals surface area contributed by atoms with Crippen LogP contribution in [0, 0.1) is 0 Å². The van der Waals surface area contributed by atoms with E-state index in [9.17, 15) is 9.59 Å². The van der Waals surface area contributed by atoms with Gasteiger partial charge in [-0.2, -0.15) is 0 Å². The van der Waals surface area contributed by atoms with Crippen molar-refractivity contribution in [2.45, 2.75) is 32.9 Å². The van der Waals surface area contributed by atoms with Crippen molar-refractivity contribution in [2.75, 3.05) is 34.5 Å². The summed E-state index contributed by atoms with van der Waals surface area (Å²) in [7, 11) is 4.66. The van der Waals surface area contributed by atoms with Crippen molar-refractivity contribution in [1.29, 1.82) is 0 Å². The number of carbonyl (C=O) groups is 2. The van der Waals surface area contributed by atoms with Gasteiger partial charge in [-0.25, -0.2) is 0 Å². The van der Waals surface area contributed by atoms with Crippen LogP contribution in [-0.4, -0.2) is 57.2 Å². The molecule has 0 spiro atoms. The molecule has 1 atom stereocenters. The van der Waals surface area contributed by atoms with Gasteiger partial charge in [0.25, 0.3) is 5.91 Å². The number of benzene rings is 2. The number of ether oxygens (including phenoxy) is 4. The first-order valence-electron chi connectivity index (χ1n) is 10.5. The highest BCUT2D eigenvalue weighted by molar-refractivity contribution is 5.88. The van der Waals surface area contributed by atoms with Gasteiger partial charge in [0.1, 0.15) is 29.0 Å². The van der Waals surface area contributed by atoms with E-state index >= 15 is 0 Å². The highest BCUT2D eigenvalue weighted by atomic mass is 16.5. The largest absolute Gasteiger partial charge is 0.497 e. The van der Waals surface area contributed by atoms with Gasteiger partial charge in [-0.15, -0.1) is 0 Å². The fraction of sp³-hybridized carbons (Fsp3) is 0.417. The zero-order chi connectivity index (χ0) is 23.5. The summed E-state index contributed by atoms with van der Waals surface area (Å²) < 4.78 is 21.5. The summed E-state index contributed by atoms with van der Waals surface area (Å²) in [5.74, 6) is 1.66. The standard InChI is InChI=1S/C24H32N2O6/c1-6-10-25-24(28)17(2)26(15-18-8-7-9-19(11-18)29-3)23(27)16-32-22-13-20(30-4)12-21(14-22)31-5/h7-9,11-14,17H,6,10,15-16H2,1-5H3,(H,25,28)/t17-/m1/s1. The minimum Gasteiger partial charge on any atom is -0.497 e. The van der Waals surface area contributed by atoms with Crippen molar-refractivity contribution < 1.29 is 28.5 Å². The van der Waals surface area contributed by atoms with Gasteiger partial charge in [-0.05, 0) is 31.0 Å². The van der Waals surface area contributed by atoms with Gasteiger partial charge in [-0.3, -0.25) is 9.59 Å². The first-order chi connectivity index (χ1) is 15.4. The van der Waals surface area contributed by atoms with Crippen LogP contribution in [0.25, 0.3) is 0 Å². The number of nitrogens with one attached hydrogen (secondary N) is 1. The van der Waals surface area contributed by atoms with Crippen molar-refractivity contribution in [3.8, 4) is 23.0 Å². The average Bonchev–Trinajstić information content (AvgIpc) is 2.83. The van der Waals surface area contributed by atoms with Gasteiger partial charge in [0.2, 0.25) is 5.91 Å². The van der Waals surface area contributed by atoms with Crippen molar-refractivity contribution in [3.05, 3.63) is 48.0 Å². The van der Waals surface area contributed by atoms with Gasteiger partial charge in [-0.1, -0.05) is 19.1 Å². The molecule has 0 aromatic heterocycles. The number of nitrogens with zero attached hydrogens (tertiary/aromatic N) is 1. The zero-order valence-electron chi connectivity index (χ0n) is 19.3. The second-order valence-corrected chi connectivity index (χ2v) is 7.18. The van der Waals surface area contributed by atoms with E-state index in [1.807, 2.05) is 31.2 Å². The highest BCUT2D eigenvalue weighted by Crippen LogP contribution is 2.27. The van der Waals surface area contributed by atoms with E-state index < -0.39 is 6.04 Å². The lowest BCUT2D eigenvalue weighted by Crippen LogP contribution is -2.49. The molecule has 2 aromatic rings. The molecule has 8 nitrogen and oxygen atoms in total. The Morgan fingerprint density at radius 1 is 0.938 bits per heavy atom. The molecular formula is C24H32N2O6. The summed E-state index contributed by atoms with van der Waals surface area (Å²) in [5, 5.41) is 2.85. The summed E-state index contributed by atoms with van der Waals surface area (Å²) in [6.45, 7) is 4.22. The van der Waals surface area contributed by atoms with E-state index in [0.29, 0.717) is 29.5 Å².